The van der Waals surface area contributed by atoms with Crippen molar-refractivity contribution in [1.29, 1.82) is 0 Å². The summed E-state index contributed by atoms with van der Waals surface area (Å²) < 4.78 is 40.9. The topological polar surface area (TPSA) is 86.4 Å². The second-order valence-electron chi connectivity index (χ2n) is 9.50. The number of rotatable bonds is 5. The summed E-state index contributed by atoms with van der Waals surface area (Å²) in [6.45, 7) is 0.557. The molecule has 0 unspecified atom stereocenters. The summed E-state index contributed by atoms with van der Waals surface area (Å²) in [5.41, 5.74) is 6.22. The Balaban J connectivity index is 1.24. The zero-order valence-electron chi connectivity index (χ0n) is 19.9. The molecule has 0 bridgehead atoms. The predicted octanol–water partition coefficient (Wildman–Crippen LogP) is 6.27. The number of likely N-dealkylation sites (tertiary alicyclic amines) is 1. The van der Waals surface area contributed by atoms with Crippen molar-refractivity contribution in [3.05, 3.63) is 71.9 Å². The van der Waals surface area contributed by atoms with Crippen LogP contribution in [0.25, 0.3) is 55.0 Å². The summed E-state index contributed by atoms with van der Waals surface area (Å²) in [6, 6.07) is 11.0. The summed E-state index contributed by atoms with van der Waals surface area (Å²) in [5.74, 6) is -2.63. The number of pyridine rings is 3. The van der Waals surface area contributed by atoms with Crippen LogP contribution in [0.1, 0.15) is 12.0 Å². The minimum Gasteiger partial charge on any atom is -0.353 e. The molecule has 0 atom stereocenters. The number of thiophene rings is 1. The number of halogens is 3. The second-order valence-corrected chi connectivity index (χ2v) is 10.5. The first-order chi connectivity index (χ1) is 18.4. The minimum absolute atomic E-state index is 0.112. The van der Waals surface area contributed by atoms with Crippen LogP contribution in [0, 0.1) is 5.13 Å². The molecular formula is C27H20F3N7S. The lowest BCUT2D eigenvalue weighted by molar-refractivity contribution is 0.0115. The molecule has 0 spiro atoms. The summed E-state index contributed by atoms with van der Waals surface area (Å²) in [7, 11) is 0. The van der Waals surface area contributed by atoms with Crippen molar-refractivity contribution in [2.75, 3.05) is 13.1 Å². The molecule has 0 radical (unpaired) electrons. The summed E-state index contributed by atoms with van der Waals surface area (Å²) in [4.78, 5) is 19.3. The van der Waals surface area contributed by atoms with Gasteiger partial charge in [0.15, 0.2) is 10.8 Å². The van der Waals surface area contributed by atoms with E-state index in [1.807, 2.05) is 24.3 Å². The lowest BCUT2D eigenvalue weighted by Gasteiger charge is -2.15. The van der Waals surface area contributed by atoms with Gasteiger partial charge in [-0.2, -0.15) is 9.49 Å². The highest BCUT2D eigenvalue weighted by Gasteiger charge is 2.37. The molecule has 7 heterocycles. The molecule has 190 valence electrons. The smallest absolute Gasteiger partial charge is 0.261 e. The van der Waals surface area contributed by atoms with E-state index < -0.39 is 5.92 Å². The first-order valence-electron chi connectivity index (χ1n) is 12.0. The van der Waals surface area contributed by atoms with E-state index in [4.69, 9.17) is 0 Å². The Bertz CT molecular complexity index is 1810. The van der Waals surface area contributed by atoms with E-state index in [2.05, 4.69) is 30.1 Å². The maximum absolute atomic E-state index is 13.7. The first-order valence-corrected chi connectivity index (χ1v) is 12.9. The summed E-state index contributed by atoms with van der Waals surface area (Å²) >= 11 is 1.05. The van der Waals surface area contributed by atoms with Gasteiger partial charge in [0.1, 0.15) is 5.69 Å². The van der Waals surface area contributed by atoms with Gasteiger partial charge in [-0.05, 0) is 42.0 Å². The zero-order chi connectivity index (χ0) is 25.9. The lowest BCUT2D eigenvalue weighted by Crippen LogP contribution is -2.24. The van der Waals surface area contributed by atoms with Gasteiger partial charge in [0.05, 0.1) is 22.8 Å². The van der Waals surface area contributed by atoms with Crippen LogP contribution in [0.4, 0.5) is 13.2 Å². The Kier molecular flexibility index (Phi) is 5.31. The van der Waals surface area contributed by atoms with Crippen molar-refractivity contribution < 1.29 is 13.2 Å². The molecule has 1 fully saturated rings. The summed E-state index contributed by atoms with van der Waals surface area (Å²) in [5, 5.41) is 8.92. The number of nitrogens with zero attached hydrogens (tertiary/aromatic N) is 5. The van der Waals surface area contributed by atoms with E-state index in [0.717, 1.165) is 54.9 Å². The summed E-state index contributed by atoms with van der Waals surface area (Å²) in [6.07, 6.45) is 6.78. The molecule has 0 amide bonds. The number of hydrogen-bond acceptors (Lipinski definition) is 6. The SMILES string of the molecule is Fc1ccc(-c2nccc3[nH]c(-c4n[nH]c5ncc(-c6cncc(CN7CCC(F)(F)C7)c6)cc45)cc23)s1. The lowest BCUT2D eigenvalue weighted by atomic mass is 10.1. The van der Waals surface area contributed by atoms with Gasteiger partial charge in [0, 0.05) is 71.7 Å². The van der Waals surface area contributed by atoms with Crippen LogP contribution >= 0.6 is 11.3 Å². The molecule has 38 heavy (non-hydrogen) atoms. The Hall–Kier alpha value is -4.09. The normalized spacial score (nSPS) is 15.7. The highest BCUT2D eigenvalue weighted by atomic mass is 32.1. The van der Waals surface area contributed by atoms with Gasteiger partial charge in [-0.15, -0.1) is 11.3 Å². The number of H-pyrrole nitrogens is 2. The average Bonchev–Trinajstić information content (AvgIpc) is 3.69. The molecule has 7 nitrogen and oxygen atoms in total. The molecule has 1 aliphatic rings. The maximum Gasteiger partial charge on any atom is 0.261 e. The number of fused-ring (bicyclic) bond motifs is 2. The number of nitrogens with one attached hydrogen (secondary N) is 2. The molecule has 6 aromatic rings. The molecule has 1 saturated heterocycles. The van der Waals surface area contributed by atoms with E-state index in [1.54, 1.807) is 35.8 Å². The Morgan fingerprint density at radius 1 is 0.974 bits per heavy atom. The average molecular weight is 532 g/mol. The molecule has 6 aromatic heterocycles. The molecule has 7 rings (SSSR count). The van der Waals surface area contributed by atoms with Gasteiger partial charge >= 0.3 is 0 Å². The highest BCUT2D eigenvalue weighted by Crippen LogP contribution is 2.36. The van der Waals surface area contributed by atoms with Crippen molar-refractivity contribution >= 4 is 33.3 Å². The van der Waals surface area contributed by atoms with Gasteiger partial charge in [-0.1, -0.05) is 0 Å². The van der Waals surface area contributed by atoms with Crippen LogP contribution in [-0.2, 0) is 6.54 Å². The molecular weight excluding hydrogens is 511 g/mol. The van der Waals surface area contributed by atoms with Gasteiger partial charge in [0.25, 0.3) is 5.92 Å². The molecule has 11 heteroatoms. The Morgan fingerprint density at radius 3 is 2.68 bits per heavy atom. The van der Waals surface area contributed by atoms with E-state index in [1.165, 1.54) is 6.07 Å². The van der Waals surface area contributed by atoms with Crippen LogP contribution in [-0.4, -0.2) is 54.0 Å². The third-order valence-corrected chi connectivity index (χ3v) is 7.69. The van der Waals surface area contributed by atoms with E-state index in [-0.39, 0.29) is 18.1 Å². The predicted molar refractivity (Wildman–Crippen MR) is 140 cm³/mol. The standard InChI is InChI=1S/C27H20F3N7S/c28-23-2-1-22(38-23)25-18-9-21(34-20(18)3-5-32-25)24-19-8-17(12-33-26(19)36-35-24)16-7-15(10-31-11-16)13-37-6-4-27(29,30)14-37/h1-3,5,7-12,34H,4,6,13-14H2,(H,33,35,36). The second kappa shape index (κ2) is 8.74. The van der Waals surface area contributed by atoms with E-state index >= 15 is 0 Å². The van der Waals surface area contributed by atoms with Crippen molar-refractivity contribution in [2.24, 2.45) is 0 Å². The number of aromatic amines is 2. The van der Waals surface area contributed by atoms with Crippen molar-refractivity contribution in [2.45, 2.75) is 18.9 Å². The highest BCUT2D eigenvalue weighted by molar-refractivity contribution is 7.13. The fourth-order valence-electron chi connectivity index (χ4n) is 5.02. The number of hydrogen-bond donors (Lipinski definition) is 2. The van der Waals surface area contributed by atoms with Crippen LogP contribution < -0.4 is 0 Å². The van der Waals surface area contributed by atoms with Gasteiger partial charge < -0.3 is 4.98 Å². The molecule has 2 N–H and O–H groups in total. The van der Waals surface area contributed by atoms with Gasteiger partial charge in [-0.3, -0.25) is 20.0 Å². The number of aromatic nitrogens is 6. The van der Waals surface area contributed by atoms with Crippen LogP contribution in [0.15, 0.2) is 61.2 Å². The van der Waals surface area contributed by atoms with Crippen LogP contribution in [0.5, 0.6) is 0 Å². The van der Waals surface area contributed by atoms with Crippen LogP contribution in [0.2, 0.25) is 0 Å². The minimum atomic E-state index is -2.63. The van der Waals surface area contributed by atoms with Crippen molar-refractivity contribution in [3.63, 3.8) is 0 Å². The third-order valence-electron chi connectivity index (χ3n) is 6.81. The van der Waals surface area contributed by atoms with Gasteiger partial charge in [-0.25, -0.2) is 13.8 Å². The van der Waals surface area contributed by atoms with E-state index in [0.29, 0.717) is 30.1 Å². The van der Waals surface area contributed by atoms with E-state index in [9.17, 15) is 13.2 Å². The molecule has 0 aliphatic carbocycles. The molecule has 0 saturated carbocycles. The first kappa shape index (κ1) is 23.1. The van der Waals surface area contributed by atoms with Crippen molar-refractivity contribution in [1.82, 2.24) is 35.0 Å². The van der Waals surface area contributed by atoms with Crippen molar-refractivity contribution in [3.8, 4) is 33.1 Å². The number of alkyl halides is 2. The largest absolute Gasteiger partial charge is 0.353 e. The fraction of sp³-hybridized carbons (Fsp3) is 0.185. The fourth-order valence-corrected chi connectivity index (χ4v) is 5.76. The third kappa shape index (κ3) is 4.13. The van der Waals surface area contributed by atoms with Crippen LogP contribution in [0.3, 0.4) is 0 Å². The zero-order valence-corrected chi connectivity index (χ0v) is 20.7. The van der Waals surface area contributed by atoms with Gasteiger partial charge in [0.2, 0.25) is 0 Å². The molecule has 0 aromatic carbocycles. The molecule has 1 aliphatic heterocycles. The quantitative estimate of drug-likeness (QED) is 0.274. The Morgan fingerprint density at radius 2 is 1.87 bits per heavy atom. The Labute approximate surface area is 218 Å². The monoisotopic (exact) mass is 531 g/mol. The maximum atomic E-state index is 13.7.